The van der Waals surface area contributed by atoms with Gasteiger partial charge in [-0.25, -0.2) is 9.37 Å². The van der Waals surface area contributed by atoms with Crippen molar-refractivity contribution in [3.63, 3.8) is 0 Å². The van der Waals surface area contributed by atoms with Crippen molar-refractivity contribution in [1.82, 2.24) is 4.98 Å². The molecule has 18 heavy (non-hydrogen) atoms. The smallest absolute Gasteiger partial charge is 0.246 e. The van der Waals surface area contributed by atoms with E-state index < -0.39 is 17.6 Å². The van der Waals surface area contributed by atoms with Gasteiger partial charge in [-0.15, -0.1) is 11.3 Å². The van der Waals surface area contributed by atoms with Crippen LogP contribution in [0.2, 0.25) is 0 Å². The van der Waals surface area contributed by atoms with E-state index in [4.69, 9.17) is 0 Å². The van der Waals surface area contributed by atoms with Gasteiger partial charge in [-0.3, -0.25) is 0 Å². The van der Waals surface area contributed by atoms with Crippen molar-refractivity contribution in [2.75, 3.05) is 0 Å². The maximum Gasteiger partial charge on any atom is 0.416 e. The molecule has 0 amide bonds. The Morgan fingerprint density at radius 1 is 1.22 bits per heavy atom. The van der Waals surface area contributed by atoms with Gasteiger partial charge in [0.25, 0.3) is 0 Å². The third-order valence-electron chi connectivity index (χ3n) is 2.31. The van der Waals surface area contributed by atoms with Crippen LogP contribution >= 0.6 is 11.3 Å². The van der Waals surface area contributed by atoms with Crippen LogP contribution in [0.3, 0.4) is 0 Å². The number of nitrogens with zero attached hydrogens (tertiary/aromatic N) is 1. The summed E-state index contributed by atoms with van der Waals surface area (Å²) in [4.78, 5) is 4.14. The molecule has 0 aliphatic rings. The molecule has 0 saturated heterocycles. The zero-order chi connectivity index (χ0) is 13.3. The van der Waals surface area contributed by atoms with Gasteiger partial charge in [0.1, 0.15) is 5.82 Å². The molecule has 2 aromatic rings. The Morgan fingerprint density at radius 2 is 1.94 bits per heavy atom. The maximum absolute atomic E-state index is 13.1. The van der Waals surface area contributed by atoms with Crippen molar-refractivity contribution in [1.29, 1.82) is 0 Å². The number of alkyl halides is 3. The van der Waals surface area contributed by atoms with E-state index in [-0.39, 0.29) is 12.0 Å². The van der Waals surface area contributed by atoms with Gasteiger partial charge in [0.2, 0.25) is 0 Å². The van der Waals surface area contributed by atoms with Crippen LogP contribution in [0.4, 0.5) is 17.6 Å². The molecule has 1 nitrogen and oxygen atoms in total. The lowest BCUT2D eigenvalue weighted by Gasteiger charge is -2.08. The van der Waals surface area contributed by atoms with Gasteiger partial charge in [-0.1, -0.05) is 0 Å². The number of halogens is 4. The molecule has 0 radical (unpaired) electrons. The van der Waals surface area contributed by atoms with Crippen LogP contribution in [-0.2, 0) is 12.6 Å². The van der Waals surface area contributed by atoms with Crippen LogP contribution in [0.15, 0.2) is 23.6 Å². The summed E-state index contributed by atoms with van der Waals surface area (Å²) in [6.45, 7) is 1.80. The van der Waals surface area contributed by atoms with Crippen LogP contribution in [0, 0.1) is 12.7 Å². The molecular formula is C12H9F4NS. The van der Waals surface area contributed by atoms with Crippen molar-refractivity contribution in [3.05, 3.63) is 51.2 Å². The van der Waals surface area contributed by atoms with Crippen molar-refractivity contribution in [2.45, 2.75) is 19.5 Å². The predicted octanol–water partition coefficient (Wildman–Crippen LogP) is 4.20. The lowest BCUT2D eigenvalue weighted by atomic mass is 10.1. The predicted molar refractivity (Wildman–Crippen MR) is 61.1 cm³/mol. The average Bonchev–Trinajstić information content (AvgIpc) is 2.61. The minimum Gasteiger partial charge on any atom is -0.246 e. The summed E-state index contributed by atoms with van der Waals surface area (Å²) in [5.41, 5.74) is 0.116. The molecule has 0 saturated carbocycles. The fourth-order valence-electron chi connectivity index (χ4n) is 1.57. The first-order chi connectivity index (χ1) is 8.34. The van der Waals surface area contributed by atoms with E-state index in [0.717, 1.165) is 17.8 Å². The lowest BCUT2D eigenvalue weighted by molar-refractivity contribution is -0.137. The van der Waals surface area contributed by atoms with Crippen molar-refractivity contribution < 1.29 is 17.6 Å². The van der Waals surface area contributed by atoms with Crippen molar-refractivity contribution >= 4 is 11.3 Å². The van der Waals surface area contributed by atoms with E-state index in [1.807, 2.05) is 0 Å². The van der Waals surface area contributed by atoms with Gasteiger partial charge in [-0.2, -0.15) is 13.2 Å². The zero-order valence-corrected chi connectivity index (χ0v) is 10.2. The summed E-state index contributed by atoms with van der Waals surface area (Å²) in [5, 5.41) is 2.48. The molecule has 0 fully saturated rings. The second-order valence-corrected chi connectivity index (χ2v) is 4.85. The largest absolute Gasteiger partial charge is 0.416 e. The van der Waals surface area contributed by atoms with E-state index in [9.17, 15) is 17.6 Å². The van der Waals surface area contributed by atoms with E-state index >= 15 is 0 Å². The van der Waals surface area contributed by atoms with E-state index in [1.165, 1.54) is 11.3 Å². The molecule has 6 heteroatoms. The SMILES string of the molecule is Cc1csc(Cc2cc(F)cc(C(F)(F)F)c2)n1. The Labute approximate surface area is 105 Å². The molecule has 1 heterocycles. The maximum atomic E-state index is 13.1. The molecule has 0 aliphatic carbocycles. The van der Waals surface area contributed by atoms with Gasteiger partial charge in [0.05, 0.1) is 10.6 Å². The summed E-state index contributed by atoms with van der Waals surface area (Å²) in [7, 11) is 0. The highest BCUT2D eigenvalue weighted by Gasteiger charge is 2.31. The molecule has 1 aromatic heterocycles. The minimum absolute atomic E-state index is 0.208. The van der Waals surface area contributed by atoms with Crippen LogP contribution in [0.25, 0.3) is 0 Å². The first-order valence-electron chi connectivity index (χ1n) is 5.12. The van der Waals surface area contributed by atoms with Crippen LogP contribution in [-0.4, -0.2) is 4.98 Å². The fourth-order valence-corrected chi connectivity index (χ4v) is 2.38. The first-order valence-corrected chi connectivity index (χ1v) is 6.00. The number of hydrogen-bond donors (Lipinski definition) is 0. The van der Waals surface area contributed by atoms with Gasteiger partial charge >= 0.3 is 6.18 Å². The normalized spacial score (nSPS) is 11.8. The molecule has 0 unspecified atom stereocenters. The number of aromatic nitrogens is 1. The Balaban J connectivity index is 2.31. The number of aryl methyl sites for hydroxylation is 1. The van der Waals surface area contributed by atoms with Crippen LogP contribution in [0.5, 0.6) is 0 Å². The van der Waals surface area contributed by atoms with Crippen molar-refractivity contribution in [2.24, 2.45) is 0 Å². The number of hydrogen-bond acceptors (Lipinski definition) is 2. The third kappa shape index (κ3) is 3.07. The lowest BCUT2D eigenvalue weighted by Crippen LogP contribution is -2.06. The molecule has 0 atom stereocenters. The number of thiazole rings is 1. The van der Waals surface area contributed by atoms with E-state index in [0.29, 0.717) is 11.1 Å². The Kier molecular flexibility index (Phi) is 3.38. The molecule has 0 spiro atoms. The van der Waals surface area contributed by atoms with Gasteiger partial charge in [0, 0.05) is 17.5 Å². The Morgan fingerprint density at radius 3 is 2.50 bits per heavy atom. The quantitative estimate of drug-likeness (QED) is 0.748. The molecular weight excluding hydrogens is 266 g/mol. The topological polar surface area (TPSA) is 12.9 Å². The standard InChI is InChI=1S/C12H9F4NS/c1-7-6-18-11(17-7)4-8-2-9(12(14,15)16)5-10(13)3-8/h2-3,5-6H,4H2,1H3. The summed E-state index contributed by atoms with van der Waals surface area (Å²) in [5.74, 6) is -0.881. The third-order valence-corrected chi connectivity index (χ3v) is 3.27. The highest BCUT2D eigenvalue weighted by atomic mass is 32.1. The zero-order valence-electron chi connectivity index (χ0n) is 9.38. The molecule has 1 aromatic carbocycles. The van der Waals surface area contributed by atoms with Crippen LogP contribution < -0.4 is 0 Å². The van der Waals surface area contributed by atoms with E-state index in [1.54, 1.807) is 12.3 Å². The number of benzene rings is 1. The van der Waals surface area contributed by atoms with Gasteiger partial charge in [0.15, 0.2) is 0 Å². The minimum atomic E-state index is -4.53. The fraction of sp³-hybridized carbons (Fsp3) is 0.250. The van der Waals surface area contributed by atoms with Gasteiger partial charge < -0.3 is 0 Å². The second-order valence-electron chi connectivity index (χ2n) is 3.91. The highest BCUT2D eigenvalue weighted by molar-refractivity contribution is 7.09. The molecule has 0 bridgehead atoms. The second kappa shape index (κ2) is 4.68. The Hall–Kier alpha value is -1.43. The molecule has 0 N–H and O–H groups in total. The molecule has 2 rings (SSSR count). The molecule has 96 valence electrons. The average molecular weight is 275 g/mol. The summed E-state index contributed by atoms with van der Waals surface area (Å²) in [6.07, 6.45) is -4.32. The summed E-state index contributed by atoms with van der Waals surface area (Å²) >= 11 is 1.35. The van der Waals surface area contributed by atoms with Crippen molar-refractivity contribution in [3.8, 4) is 0 Å². The van der Waals surface area contributed by atoms with E-state index in [2.05, 4.69) is 4.98 Å². The monoisotopic (exact) mass is 275 g/mol. The molecule has 0 aliphatic heterocycles. The summed E-state index contributed by atoms with van der Waals surface area (Å²) in [6, 6.07) is 2.56. The highest BCUT2D eigenvalue weighted by Crippen LogP contribution is 2.31. The Bertz CT molecular complexity index is 559. The van der Waals surface area contributed by atoms with Crippen LogP contribution in [0.1, 0.15) is 21.8 Å². The summed E-state index contributed by atoms with van der Waals surface area (Å²) < 4.78 is 50.7. The van der Waals surface area contributed by atoms with Gasteiger partial charge in [-0.05, 0) is 30.7 Å². The first kappa shape index (κ1) is 13.0. The number of rotatable bonds is 2.